The SMILES string of the molecule is C/C(=C\CC/C=C/CBr)COC(=O)C(C)(C)C.C/C(=C\CC/C=C/CO)COC(=O)C(C)(C)C.C/C(=C\CC/C=C/Cc1c(O)c(Cl)c(C)c(C=O)c1O)COC(=O)C(C)(C)C.C=N.CC(C)=CCC/C=C/CO.CC(C)=CCCC#CCO.CC(C)=CCI.CC/C=C/CC/C=C(\C)CO.CCC#CCCC=C(C)C.Cc1c(Cl)c(O)c(CCCCCCC(C)COC(=O)C(C)(C)C)c(O)c1C=O. The largest absolute Gasteiger partial charge is 0.507 e. The third kappa shape index (κ3) is 90.9. The van der Waals surface area contributed by atoms with E-state index in [1.807, 2.05) is 135 Å². The maximum Gasteiger partial charge on any atom is 0.311 e. The Balaban J connectivity index is -0.000000240. The van der Waals surface area contributed by atoms with E-state index in [2.05, 4.69) is 212 Å². The summed E-state index contributed by atoms with van der Waals surface area (Å²) in [6, 6.07) is 0. The number of rotatable bonds is 44. The average molecular weight is 2160 g/mol. The van der Waals surface area contributed by atoms with Gasteiger partial charge in [0.15, 0.2) is 12.6 Å². The van der Waals surface area contributed by atoms with Gasteiger partial charge >= 0.3 is 23.9 Å². The Bertz CT molecular complexity index is 4150. The minimum absolute atomic E-state index is 0.0190. The van der Waals surface area contributed by atoms with Gasteiger partial charge in [-0.05, 0) is 330 Å². The van der Waals surface area contributed by atoms with Gasteiger partial charge in [-0.3, -0.25) is 28.8 Å². The van der Waals surface area contributed by atoms with Crippen molar-refractivity contribution >= 4 is 105 Å². The Labute approximate surface area is 875 Å². The molecule has 2 aromatic carbocycles. The summed E-state index contributed by atoms with van der Waals surface area (Å²) < 4.78 is 22.1. The van der Waals surface area contributed by atoms with Crippen LogP contribution in [0.4, 0.5) is 0 Å². The molecule has 0 fully saturated rings. The molecule has 23 heteroatoms. The van der Waals surface area contributed by atoms with Crippen LogP contribution < -0.4 is 0 Å². The normalized spacial score (nSPS) is 11.5. The number of unbranched alkanes of at least 4 members (excludes halogenated alkanes) is 10. The van der Waals surface area contributed by atoms with Gasteiger partial charge in [0.25, 0.3) is 0 Å². The number of phenols is 4. The number of phenolic OH excluding ortho intramolecular Hbond substituents is 4. The molecular formula is C116H185BrCl2INO18. The first kappa shape index (κ1) is 146. The van der Waals surface area contributed by atoms with Crippen LogP contribution >= 0.6 is 61.7 Å². The Morgan fingerprint density at radius 2 is 0.755 bits per heavy atom. The number of carbonyl (C=O) groups excluding carboxylic acids is 6. The molecule has 139 heavy (non-hydrogen) atoms. The van der Waals surface area contributed by atoms with Gasteiger partial charge in [0.2, 0.25) is 0 Å². The van der Waals surface area contributed by atoms with Crippen LogP contribution in [0.2, 0.25) is 10.0 Å². The van der Waals surface area contributed by atoms with Gasteiger partial charge in [0.1, 0.15) is 49.4 Å². The summed E-state index contributed by atoms with van der Waals surface area (Å²) >= 11 is 17.7. The fourth-order valence-corrected chi connectivity index (χ4v) is 11.9. The van der Waals surface area contributed by atoms with Crippen LogP contribution in [0.15, 0.2) is 154 Å². The molecule has 0 aliphatic heterocycles. The van der Waals surface area contributed by atoms with Crippen LogP contribution in [0, 0.1) is 70.5 Å². The minimum atomic E-state index is -0.511. The lowest BCUT2D eigenvalue weighted by Crippen LogP contribution is -2.24. The Morgan fingerprint density at radius 3 is 1.09 bits per heavy atom. The second-order valence-corrected chi connectivity index (χ2v) is 40.3. The van der Waals surface area contributed by atoms with Gasteiger partial charge in [0.05, 0.1) is 69.3 Å². The fourth-order valence-electron chi connectivity index (χ4n) is 10.3. The highest BCUT2D eigenvalue weighted by atomic mass is 127. The first-order valence-electron chi connectivity index (χ1n) is 48.4. The number of hydrogen-bond acceptors (Lipinski definition) is 19. The highest BCUT2D eigenvalue weighted by Gasteiger charge is 2.27. The summed E-state index contributed by atoms with van der Waals surface area (Å²) in [7, 11) is 0. The van der Waals surface area contributed by atoms with E-state index in [-0.39, 0.29) is 113 Å². The van der Waals surface area contributed by atoms with Crippen molar-refractivity contribution in [2.24, 2.45) is 27.6 Å². The standard InChI is InChI=1S/C22H33ClO5.C22H29ClO5.C14H23BrO2.C14H24O3.C10H18O.C10H16.C9H16O.C9H14O.C5H9I.CH3N/c2*1-14(13-28-21(27)22(3,4)5)10-8-6-7-9-11-16-19(25)17(12-24)15(2)18(23)20(16)26;2*1-12(9-7-5-6-8-10-15)11-17-13(16)14(2,3)4;1-3-4-5-6-7-8-10(2)9-11;1-4-5-6-7-8-9-10(2)3;2*1-9(2)7-5-3-4-6-8-10;1-5(2)3-4-6;1-2/h12,14,25-26H,6-11,13H2,1-5H3;7,9-10,12,25-26H,6,8,11,13H2,1-5H3;6,8-9H,5,7,10-11H2,1-4H3;6,8-9,15H,5,7,10-11H2,1-4H3;4-5,8,11H,3,6-7,9H2,1-2H3;9H,4,7-8H2,1-3H3;4,6-7,10H,3,5,8H2,1-2H3;7,10H,3,5,8H2,1-2H3;3H,4H2,1-2H3;2H,1H2/b;9-7+,14-10+;2*8-6+,12-9+;5-4+,10-8+;;6-4+;;;. The lowest BCUT2D eigenvalue weighted by atomic mass is 9.96. The lowest BCUT2D eigenvalue weighted by molar-refractivity contribution is -0.154. The van der Waals surface area contributed by atoms with Crippen LogP contribution in [0.25, 0.3) is 0 Å². The molecule has 0 amide bonds. The van der Waals surface area contributed by atoms with Gasteiger partial charge in [-0.2, -0.15) is 0 Å². The quantitative estimate of drug-likeness (QED) is 0.00343. The zero-order valence-corrected chi connectivity index (χ0v) is 96.1. The number of esters is 4. The van der Waals surface area contributed by atoms with Gasteiger partial charge in [-0.25, -0.2) is 0 Å². The van der Waals surface area contributed by atoms with E-state index in [1.165, 1.54) is 22.3 Å². The number of carbonyl (C=O) groups is 6. The summed E-state index contributed by atoms with van der Waals surface area (Å²) in [5.74, 6) is 10.4. The van der Waals surface area contributed by atoms with Crippen LogP contribution in [0.1, 0.15) is 365 Å². The lowest BCUT2D eigenvalue weighted by Gasteiger charge is -2.19. The molecule has 0 bridgehead atoms. The highest BCUT2D eigenvalue weighted by molar-refractivity contribution is 14.1. The molecule has 2 rings (SSSR count). The van der Waals surface area contributed by atoms with Crippen molar-refractivity contribution in [1.29, 1.82) is 5.41 Å². The number of aliphatic hydroxyl groups is 4. The van der Waals surface area contributed by atoms with E-state index in [4.69, 9.17) is 68.0 Å². The molecule has 0 saturated carbocycles. The number of benzene rings is 2. The molecule has 1 atom stereocenters. The summed E-state index contributed by atoms with van der Waals surface area (Å²) in [4.78, 5) is 68.8. The summed E-state index contributed by atoms with van der Waals surface area (Å²) in [6.45, 7) is 60.5. The Morgan fingerprint density at radius 1 is 0.424 bits per heavy atom. The minimum Gasteiger partial charge on any atom is -0.507 e. The van der Waals surface area contributed by atoms with Crippen LogP contribution in [-0.4, -0.2) is 147 Å². The maximum atomic E-state index is 11.8. The summed E-state index contributed by atoms with van der Waals surface area (Å²) in [6.07, 6.45) is 58.9. The number of ether oxygens (including phenoxy) is 4. The first-order valence-corrected chi connectivity index (χ1v) is 51.8. The maximum absolute atomic E-state index is 11.8. The van der Waals surface area contributed by atoms with Crippen LogP contribution in [0.3, 0.4) is 0 Å². The van der Waals surface area contributed by atoms with E-state index in [0.717, 1.165) is 167 Å². The predicted molar refractivity (Wildman–Crippen MR) is 601 cm³/mol. The zero-order valence-electron chi connectivity index (χ0n) is 90.8. The van der Waals surface area contributed by atoms with Crippen molar-refractivity contribution in [2.75, 3.05) is 62.6 Å². The van der Waals surface area contributed by atoms with Crippen LogP contribution in [0.5, 0.6) is 23.0 Å². The fraction of sp³-hybridized carbons (Fsp3) is 0.578. The van der Waals surface area contributed by atoms with Gasteiger partial charge in [0, 0.05) is 40.1 Å². The molecule has 0 aliphatic carbocycles. The van der Waals surface area contributed by atoms with Gasteiger partial charge in [-0.1, -0.05) is 245 Å². The smallest absolute Gasteiger partial charge is 0.311 e. The molecule has 0 radical (unpaired) electrons. The van der Waals surface area contributed by atoms with Crippen molar-refractivity contribution in [1.82, 2.24) is 0 Å². The molecule has 19 nitrogen and oxygen atoms in total. The molecule has 0 saturated heterocycles. The van der Waals surface area contributed by atoms with E-state index in [1.54, 1.807) is 32.1 Å². The second-order valence-electron chi connectivity index (χ2n) is 38.0. The topological polar surface area (TPSA) is 325 Å². The van der Waals surface area contributed by atoms with Crippen LogP contribution in [-0.2, 0) is 51.0 Å². The number of allylic oxidation sites excluding steroid dienone is 20. The number of nitrogens with one attached hydrogen (secondary N) is 1. The number of halogens is 4. The molecule has 0 heterocycles. The van der Waals surface area contributed by atoms with Crippen molar-refractivity contribution in [3.8, 4) is 46.7 Å². The number of aromatic hydroxyl groups is 4. The summed E-state index contributed by atoms with van der Waals surface area (Å²) in [5, 5.41) is 81.1. The predicted octanol–water partition coefficient (Wildman–Crippen LogP) is 30.5. The van der Waals surface area contributed by atoms with Gasteiger partial charge < -0.3 is 65.2 Å². The van der Waals surface area contributed by atoms with E-state index in [9.17, 15) is 49.2 Å². The number of alkyl halides is 2. The van der Waals surface area contributed by atoms with Crippen molar-refractivity contribution < 1.29 is 88.6 Å². The Kier molecular flexibility index (Phi) is 98.4. The summed E-state index contributed by atoms with van der Waals surface area (Å²) in [5.41, 5.74) is 9.37. The highest BCUT2D eigenvalue weighted by Crippen LogP contribution is 2.42. The number of hydrogen-bond donors (Lipinski definition) is 9. The second kappa shape index (κ2) is 93.5. The third-order valence-electron chi connectivity index (χ3n) is 18.7. The Hall–Kier alpha value is -8.10. The third-order valence-corrected chi connectivity index (χ3v) is 20.4. The van der Waals surface area contributed by atoms with Crippen molar-refractivity contribution in [3.05, 3.63) is 197 Å². The molecule has 9 N–H and O–H groups in total. The first-order chi connectivity index (χ1) is 65.1. The molecule has 2 aromatic rings. The zero-order chi connectivity index (χ0) is 109. The number of aliphatic hydroxyl groups excluding tert-OH is 4. The molecule has 1 unspecified atom stereocenters. The van der Waals surface area contributed by atoms with E-state index in [0.29, 0.717) is 61.4 Å². The van der Waals surface area contributed by atoms with Crippen molar-refractivity contribution in [2.45, 2.75) is 348 Å². The number of aldehydes is 2. The monoisotopic (exact) mass is 2160 g/mol. The van der Waals surface area contributed by atoms with Crippen molar-refractivity contribution in [3.63, 3.8) is 0 Å². The van der Waals surface area contributed by atoms with E-state index >= 15 is 0 Å². The average Bonchev–Trinajstić information content (AvgIpc) is 0.798. The van der Waals surface area contributed by atoms with Gasteiger partial charge in [-0.15, -0.1) is 17.8 Å². The molecule has 790 valence electrons. The molecular weight excluding hydrogens is 1970 g/mol. The molecule has 0 spiro atoms. The molecule has 0 aliphatic rings. The van der Waals surface area contributed by atoms with E-state index < -0.39 is 21.7 Å². The molecule has 0 aromatic heterocycles.